The van der Waals surface area contributed by atoms with Crippen LogP contribution in [0.1, 0.15) is 15.9 Å². The van der Waals surface area contributed by atoms with Gasteiger partial charge in [0, 0.05) is 10.6 Å². The van der Waals surface area contributed by atoms with Gasteiger partial charge in [-0.3, -0.25) is 4.72 Å². The van der Waals surface area contributed by atoms with E-state index in [0.717, 1.165) is 16.9 Å². The zero-order valence-corrected chi connectivity index (χ0v) is 19.8. The van der Waals surface area contributed by atoms with Gasteiger partial charge < -0.3 is 4.74 Å². The molecule has 0 aliphatic rings. The summed E-state index contributed by atoms with van der Waals surface area (Å²) in [6.45, 7) is 0. The van der Waals surface area contributed by atoms with E-state index in [9.17, 15) is 13.2 Å². The molecule has 3 aromatic rings. The number of nitrogens with zero attached hydrogens (tertiary/aromatic N) is 2. The lowest BCUT2D eigenvalue weighted by atomic mass is 10.2. The second-order valence-electron chi connectivity index (χ2n) is 5.73. The number of esters is 1. The Hall–Kier alpha value is -1.79. The molecular weight excluding hydrogens is 486 g/mol. The Kier molecular flexibility index (Phi) is 7.64. The van der Waals surface area contributed by atoms with E-state index in [2.05, 4.69) is 14.9 Å². The maximum absolute atomic E-state index is 13.1. The Bertz CT molecular complexity index is 1150. The van der Waals surface area contributed by atoms with Gasteiger partial charge in [0.25, 0.3) is 10.0 Å². The van der Waals surface area contributed by atoms with E-state index in [4.69, 9.17) is 16.3 Å². The van der Waals surface area contributed by atoms with Gasteiger partial charge in [0.15, 0.2) is 4.34 Å². The highest BCUT2D eigenvalue weighted by molar-refractivity contribution is 8.00. The minimum atomic E-state index is -4.06. The van der Waals surface area contributed by atoms with Gasteiger partial charge in [0.1, 0.15) is 4.90 Å². The molecule has 1 N–H and O–H groups in total. The molecule has 0 unspecified atom stereocenters. The Morgan fingerprint density at radius 1 is 1.23 bits per heavy atom. The van der Waals surface area contributed by atoms with Gasteiger partial charge in [-0.15, -0.1) is 22.0 Å². The molecule has 0 saturated carbocycles. The fraction of sp³-hybridized carbons (Fsp3) is 0.167. The number of hydrogen-bond donors (Lipinski definition) is 1. The molecule has 0 bridgehead atoms. The van der Waals surface area contributed by atoms with Gasteiger partial charge >= 0.3 is 5.97 Å². The number of benzene rings is 2. The minimum Gasteiger partial charge on any atom is -0.465 e. The van der Waals surface area contributed by atoms with Gasteiger partial charge in [-0.2, -0.15) is 0 Å². The summed E-state index contributed by atoms with van der Waals surface area (Å²) in [6, 6.07) is 12.3. The highest BCUT2D eigenvalue weighted by Crippen LogP contribution is 2.35. The molecule has 0 amide bonds. The third kappa shape index (κ3) is 5.46. The summed E-state index contributed by atoms with van der Waals surface area (Å²) < 4.78 is 34.0. The first kappa shape index (κ1) is 22.9. The first-order valence-electron chi connectivity index (χ1n) is 8.33. The van der Waals surface area contributed by atoms with E-state index in [0.29, 0.717) is 15.0 Å². The van der Waals surface area contributed by atoms with E-state index in [1.165, 1.54) is 42.8 Å². The fourth-order valence-electron chi connectivity index (χ4n) is 2.36. The van der Waals surface area contributed by atoms with E-state index in [1.807, 2.05) is 36.6 Å². The van der Waals surface area contributed by atoms with Gasteiger partial charge in [0.05, 0.1) is 17.7 Å². The summed E-state index contributed by atoms with van der Waals surface area (Å²) in [6.07, 6.45) is 1.82. The maximum atomic E-state index is 13.1. The molecule has 0 spiro atoms. The molecule has 0 aliphatic heterocycles. The molecule has 2 aromatic carbocycles. The van der Waals surface area contributed by atoms with Crippen molar-refractivity contribution >= 4 is 67.6 Å². The van der Waals surface area contributed by atoms with E-state index < -0.39 is 16.0 Å². The number of hydrogen-bond acceptors (Lipinski definition) is 9. The predicted octanol–water partition coefficient (Wildman–Crippen LogP) is 4.79. The smallest absolute Gasteiger partial charge is 0.339 e. The largest absolute Gasteiger partial charge is 0.465 e. The normalized spacial score (nSPS) is 11.3. The number of nitrogens with one attached hydrogen (secondary N) is 1. The Labute approximate surface area is 191 Å². The van der Waals surface area contributed by atoms with Crippen LogP contribution in [0, 0.1) is 0 Å². The number of thioether (sulfide) groups is 2. The molecule has 30 heavy (non-hydrogen) atoms. The Balaban J connectivity index is 2.00. The number of carbonyl (C=O) groups is 1. The van der Waals surface area contributed by atoms with Gasteiger partial charge in [-0.25, -0.2) is 13.2 Å². The summed E-state index contributed by atoms with van der Waals surface area (Å²) in [7, 11) is -2.86. The maximum Gasteiger partial charge on any atom is 0.339 e. The van der Waals surface area contributed by atoms with Crippen LogP contribution < -0.4 is 4.72 Å². The fourth-order valence-corrected chi connectivity index (χ4v) is 6.59. The number of halogens is 1. The summed E-state index contributed by atoms with van der Waals surface area (Å²) in [5.74, 6) is -0.205. The second kappa shape index (κ2) is 10.0. The molecule has 0 atom stereocenters. The van der Waals surface area contributed by atoms with Gasteiger partial charge in [0.2, 0.25) is 5.13 Å². The lowest BCUT2D eigenvalue weighted by Gasteiger charge is -2.13. The monoisotopic (exact) mass is 501 g/mol. The number of aromatic nitrogens is 2. The van der Waals surface area contributed by atoms with Crippen LogP contribution in [0.15, 0.2) is 56.6 Å². The summed E-state index contributed by atoms with van der Waals surface area (Å²) in [5.41, 5.74) is 0.978. The van der Waals surface area contributed by atoms with Crippen LogP contribution in [-0.4, -0.2) is 38.0 Å². The number of anilines is 1. The lowest BCUT2D eigenvalue weighted by Crippen LogP contribution is -2.15. The van der Waals surface area contributed by atoms with Crippen molar-refractivity contribution in [2.45, 2.75) is 19.9 Å². The quantitative estimate of drug-likeness (QED) is 0.347. The third-order valence-electron chi connectivity index (χ3n) is 3.77. The van der Waals surface area contributed by atoms with Crippen LogP contribution in [0.25, 0.3) is 0 Å². The van der Waals surface area contributed by atoms with Crippen molar-refractivity contribution in [3.8, 4) is 0 Å². The zero-order chi connectivity index (χ0) is 21.7. The SMILES string of the molecule is COC(=O)c1cc(S(=O)(=O)Nc2nnc(SC)s2)c(SCc2ccccc2)cc1Cl. The molecular formula is C18H16ClN3O4S4. The van der Waals surface area contributed by atoms with E-state index in [1.54, 1.807) is 0 Å². The topological polar surface area (TPSA) is 98.2 Å². The van der Waals surface area contributed by atoms with E-state index >= 15 is 0 Å². The zero-order valence-electron chi connectivity index (χ0n) is 15.8. The first-order valence-corrected chi connectivity index (χ1v) is 13.2. The van der Waals surface area contributed by atoms with Crippen LogP contribution in [0.3, 0.4) is 0 Å². The standard InChI is InChI=1S/C18H16ClN3O4S4/c1-26-16(23)12-8-15(30(24,25)22-17-20-21-18(27-2)29-17)14(9-13(12)19)28-10-11-6-4-3-5-7-11/h3-9H,10H2,1-2H3,(H,20,22). The van der Waals surface area contributed by atoms with Crippen molar-refractivity contribution in [3.63, 3.8) is 0 Å². The van der Waals surface area contributed by atoms with Crippen LogP contribution in [-0.2, 0) is 20.5 Å². The summed E-state index contributed by atoms with van der Waals surface area (Å²) in [5, 5.41) is 7.97. The molecule has 0 saturated heterocycles. The van der Waals surface area contributed by atoms with Crippen LogP contribution in [0.5, 0.6) is 0 Å². The Morgan fingerprint density at radius 2 is 1.97 bits per heavy atom. The molecule has 0 fully saturated rings. The predicted molar refractivity (Wildman–Crippen MR) is 121 cm³/mol. The Morgan fingerprint density at radius 3 is 2.60 bits per heavy atom. The molecule has 0 radical (unpaired) electrons. The lowest BCUT2D eigenvalue weighted by molar-refractivity contribution is 0.0600. The number of ether oxygens (including phenoxy) is 1. The number of methoxy groups -OCH3 is 1. The molecule has 1 heterocycles. The minimum absolute atomic E-state index is 0.0364. The molecule has 3 rings (SSSR count). The van der Waals surface area contributed by atoms with Crippen LogP contribution >= 0.6 is 46.5 Å². The van der Waals surface area contributed by atoms with Crippen molar-refractivity contribution in [3.05, 3.63) is 58.6 Å². The summed E-state index contributed by atoms with van der Waals surface area (Å²) >= 11 is 10.0. The van der Waals surface area contributed by atoms with Crippen LogP contribution in [0.4, 0.5) is 5.13 Å². The second-order valence-corrected chi connectivity index (χ2v) is 10.8. The molecule has 158 valence electrons. The van der Waals surface area contributed by atoms with Crippen molar-refractivity contribution in [1.29, 1.82) is 0 Å². The first-order chi connectivity index (χ1) is 14.3. The van der Waals surface area contributed by atoms with E-state index in [-0.39, 0.29) is 20.6 Å². The highest BCUT2D eigenvalue weighted by atomic mass is 35.5. The summed E-state index contributed by atoms with van der Waals surface area (Å²) in [4.78, 5) is 12.4. The van der Waals surface area contributed by atoms with Crippen molar-refractivity contribution in [2.75, 3.05) is 18.1 Å². The van der Waals surface area contributed by atoms with Gasteiger partial charge in [-0.05, 0) is 24.0 Å². The number of carbonyl (C=O) groups excluding carboxylic acids is 1. The van der Waals surface area contributed by atoms with Crippen molar-refractivity contribution < 1.29 is 17.9 Å². The molecule has 1 aromatic heterocycles. The number of sulfonamides is 1. The molecule has 12 heteroatoms. The molecule has 7 nitrogen and oxygen atoms in total. The average molecular weight is 502 g/mol. The van der Waals surface area contributed by atoms with Gasteiger partial charge in [-0.1, -0.05) is 65.0 Å². The third-order valence-corrected chi connectivity index (χ3v) is 8.66. The van der Waals surface area contributed by atoms with Crippen molar-refractivity contribution in [1.82, 2.24) is 10.2 Å². The van der Waals surface area contributed by atoms with Crippen molar-refractivity contribution in [2.24, 2.45) is 0 Å². The number of rotatable bonds is 8. The molecule has 0 aliphatic carbocycles. The van der Waals surface area contributed by atoms with Crippen LogP contribution in [0.2, 0.25) is 5.02 Å². The highest BCUT2D eigenvalue weighted by Gasteiger charge is 2.25. The average Bonchev–Trinajstić information content (AvgIpc) is 3.19.